The van der Waals surface area contributed by atoms with Crippen LogP contribution in [0.15, 0.2) is 12.1 Å². The molecule has 0 bridgehead atoms. The number of allylic oxidation sites excluding steroid dienone is 1. The minimum atomic E-state index is -1.29. The van der Waals surface area contributed by atoms with E-state index in [1.165, 1.54) is 5.98 Å². The average molecular weight is 128 g/mol. The fraction of sp³-hybridized carbons (Fsp3) is 0.667. The first kappa shape index (κ1) is 8.72. The van der Waals surface area contributed by atoms with Crippen LogP contribution in [0.3, 0.4) is 0 Å². The molecule has 0 aromatic heterocycles. The Labute approximate surface area is 56.4 Å². The van der Waals surface area contributed by atoms with Crippen molar-refractivity contribution in [3.8, 4) is 0 Å². The van der Waals surface area contributed by atoms with Crippen molar-refractivity contribution in [1.29, 1.82) is 0 Å². The van der Waals surface area contributed by atoms with Gasteiger partial charge in [0, 0.05) is 0 Å². The Hall–Kier alpha value is -0.275. The summed E-state index contributed by atoms with van der Waals surface area (Å²) in [5, 5.41) is 16.7. The zero-order valence-corrected chi connectivity index (χ0v) is 5.91. The van der Waals surface area contributed by atoms with Crippen LogP contribution in [0.1, 0.15) is 20.3 Å². The van der Waals surface area contributed by atoms with Crippen molar-refractivity contribution in [3.05, 3.63) is 12.1 Å². The first-order valence-electron chi connectivity index (χ1n) is 3.15. The van der Waals surface area contributed by atoms with Gasteiger partial charge in [-0.2, -0.15) is 0 Å². The Balaban J connectivity index is 3.25. The minimum Gasteiger partial charge on any atom is -0.424 e. The Morgan fingerprint density at radius 2 is 2.00 bits per heavy atom. The Morgan fingerprint density at radius 3 is 2.33 bits per heavy atom. The Bertz CT molecular complexity index is 89.1. The third kappa shape index (κ3) is 7.72. The van der Waals surface area contributed by atoms with Gasteiger partial charge >= 0.3 is 7.12 Å². The summed E-state index contributed by atoms with van der Waals surface area (Å²) in [4.78, 5) is 0. The van der Waals surface area contributed by atoms with Gasteiger partial charge in [-0.15, -0.1) is 0 Å². The minimum absolute atomic E-state index is 0.583. The maximum absolute atomic E-state index is 8.33. The first-order valence-corrected chi connectivity index (χ1v) is 3.15. The molecule has 52 valence electrons. The van der Waals surface area contributed by atoms with Crippen molar-refractivity contribution in [2.75, 3.05) is 0 Å². The summed E-state index contributed by atoms with van der Waals surface area (Å²) in [6.07, 6.45) is 2.67. The van der Waals surface area contributed by atoms with Crippen LogP contribution >= 0.6 is 0 Å². The number of hydrogen-bond acceptors (Lipinski definition) is 2. The van der Waals surface area contributed by atoms with Crippen LogP contribution in [0.2, 0.25) is 0 Å². The molecule has 0 aliphatic rings. The van der Waals surface area contributed by atoms with E-state index in [-0.39, 0.29) is 0 Å². The molecule has 3 heteroatoms. The van der Waals surface area contributed by atoms with Gasteiger partial charge in [0.1, 0.15) is 0 Å². The highest BCUT2D eigenvalue weighted by molar-refractivity contribution is 6.47. The lowest BCUT2D eigenvalue weighted by Crippen LogP contribution is -2.05. The lowest BCUT2D eigenvalue weighted by molar-refractivity contribution is 0.424. The number of hydrogen-bond donors (Lipinski definition) is 2. The van der Waals surface area contributed by atoms with Gasteiger partial charge in [0.05, 0.1) is 0 Å². The van der Waals surface area contributed by atoms with Gasteiger partial charge < -0.3 is 10.0 Å². The van der Waals surface area contributed by atoms with E-state index < -0.39 is 7.12 Å². The normalized spacial score (nSPS) is 11.2. The van der Waals surface area contributed by atoms with Crippen molar-refractivity contribution in [2.45, 2.75) is 20.3 Å². The molecule has 9 heavy (non-hydrogen) atoms. The second-order valence-electron chi connectivity index (χ2n) is 2.47. The van der Waals surface area contributed by atoms with Gasteiger partial charge in [-0.05, 0) is 12.3 Å². The van der Waals surface area contributed by atoms with Gasteiger partial charge in [-0.1, -0.05) is 25.9 Å². The summed E-state index contributed by atoms with van der Waals surface area (Å²) in [7, 11) is -1.29. The van der Waals surface area contributed by atoms with E-state index >= 15 is 0 Å². The van der Waals surface area contributed by atoms with Crippen LogP contribution in [0, 0.1) is 5.92 Å². The van der Waals surface area contributed by atoms with Crippen molar-refractivity contribution < 1.29 is 10.0 Å². The lowest BCUT2D eigenvalue weighted by atomic mass is 9.90. The molecule has 0 aromatic rings. The zero-order valence-electron chi connectivity index (χ0n) is 5.91. The van der Waals surface area contributed by atoms with E-state index in [0.29, 0.717) is 5.92 Å². The van der Waals surface area contributed by atoms with Crippen molar-refractivity contribution in [3.63, 3.8) is 0 Å². The largest absolute Gasteiger partial charge is 0.480 e. The fourth-order valence-corrected chi connectivity index (χ4v) is 0.472. The molecule has 0 saturated carbocycles. The highest BCUT2D eigenvalue weighted by Crippen LogP contribution is 1.99. The molecule has 0 unspecified atom stereocenters. The number of rotatable bonds is 3. The molecule has 0 heterocycles. The van der Waals surface area contributed by atoms with Crippen LogP contribution in [0.5, 0.6) is 0 Å². The van der Waals surface area contributed by atoms with E-state index in [1.54, 1.807) is 6.08 Å². The van der Waals surface area contributed by atoms with Crippen LogP contribution < -0.4 is 0 Å². The molecule has 0 rings (SSSR count). The molecule has 0 spiro atoms. The third-order valence-electron chi connectivity index (χ3n) is 0.916. The topological polar surface area (TPSA) is 40.5 Å². The monoisotopic (exact) mass is 128 g/mol. The van der Waals surface area contributed by atoms with Gasteiger partial charge in [-0.3, -0.25) is 0 Å². The highest BCUT2D eigenvalue weighted by atomic mass is 16.4. The quantitative estimate of drug-likeness (QED) is 0.546. The van der Waals surface area contributed by atoms with Crippen molar-refractivity contribution in [2.24, 2.45) is 5.92 Å². The van der Waals surface area contributed by atoms with Crippen LogP contribution in [0.25, 0.3) is 0 Å². The zero-order chi connectivity index (χ0) is 7.28. The Morgan fingerprint density at radius 1 is 1.44 bits per heavy atom. The molecule has 0 aliphatic heterocycles. The smallest absolute Gasteiger partial charge is 0.424 e. The Kier molecular flexibility index (Phi) is 4.45. The predicted octanol–water partition coefficient (Wildman–Crippen LogP) is 0.601. The lowest BCUT2D eigenvalue weighted by Gasteiger charge is -1.95. The predicted molar refractivity (Wildman–Crippen MR) is 38.8 cm³/mol. The van der Waals surface area contributed by atoms with Gasteiger partial charge in [0.15, 0.2) is 0 Å². The summed E-state index contributed by atoms with van der Waals surface area (Å²) in [6, 6.07) is 0. The molecule has 0 fully saturated rings. The molecule has 0 aliphatic carbocycles. The van der Waals surface area contributed by atoms with Crippen molar-refractivity contribution in [1.82, 2.24) is 0 Å². The van der Waals surface area contributed by atoms with E-state index in [0.717, 1.165) is 6.42 Å². The third-order valence-corrected chi connectivity index (χ3v) is 0.916. The van der Waals surface area contributed by atoms with Gasteiger partial charge in [0.25, 0.3) is 0 Å². The molecular formula is C6H13BO2. The summed E-state index contributed by atoms with van der Waals surface area (Å²) < 4.78 is 0. The first-order chi connectivity index (χ1) is 4.13. The summed E-state index contributed by atoms with van der Waals surface area (Å²) in [5.41, 5.74) is 0. The standard InChI is InChI=1S/C6H13BO2/c1-6(2)4-3-5-7(8)9/h3,5-6,8-9H,4H2,1-2H3. The van der Waals surface area contributed by atoms with Crippen molar-refractivity contribution >= 4 is 7.12 Å². The van der Waals surface area contributed by atoms with E-state index in [1.807, 2.05) is 0 Å². The molecular weight excluding hydrogens is 115 g/mol. The highest BCUT2D eigenvalue weighted by Gasteiger charge is 1.97. The van der Waals surface area contributed by atoms with Gasteiger partial charge in [-0.25, -0.2) is 0 Å². The molecule has 0 amide bonds. The molecule has 0 radical (unpaired) electrons. The summed E-state index contributed by atoms with van der Waals surface area (Å²) in [6.45, 7) is 4.15. The molecule has 0 saturated heterocycles. The van der Waals surface area contributed by atoms with E-state index in [4.69, 9.17) is 10.0 Å². The maximum atomic E-state index is 8.33. The molecule has 2 N–H and O–H groups in total. The molecule has 0 aromatic carbocycles. The van der Waals surface area contributed by atoms with Crippen LogP contribution in [-0.2, 0) is 0 Å². The SMILES string of the molecule is CC(C)CC=CB(O)O. The van der Waals surface area contributed by atoms with E-state index in [9.17, 15) is 0 Å². The maximum Gasteiger partial charge on any atom is 0.480 e. The van der Waals surface area contributed by atoms with Crippen LogP contribution in [0.4, 0.5) is 0 Å². The fourth-order valence-electron chi connectivity index (χ4n) is 0.472. The van der Waals surface area contributed by atoms with Gasteiger partial charge in [0.2, 0.25) is 0 Å². The second-order valence-corrected chi connectivity index (χ2v) is 2.47. The summed E-state index contributed by atoms with van der Waals surface area (Å²) in [5.74, 6) is 1.96. The van der Waals surface area contributed by atoms with Crippen LogP contribution in [-0.4, -0.2) is 17.2 Å². The molecule has 0 atom stereocenters. The average Bonchev–Trinajstić information content (AvgIpc) is 1.63. The van der Waals surface area contributed by atoms with E-state index in [2.05, 4.69) is 13.8 Å². The summed E-state index contributed by atoms with van der Waals surface area (Å²) >= 11 is 0. The second kappa shape index (κ2) is 4.59. The molecule has 2 nitrogen and oxygen atoms in total.